The van der Waals surface area contributed by atoms with Crippen LogP contribution in [0.15, 0.2) is 18.6 Å². The van der Waals surface area contributed by atoms with Crippen LogP contribution in [0.2, 0.25) is 0 Å². The predicted molar refractivity (Wildman–Crippen MR) is 81.9 cm³/mol. The first kappa shape index (κ1) is 14.5. The maximum Gasteiger partial charge on any atom is 0.274 e. The Balaban J connectivity index is 1.79. The van der Waals surface area contributed by atoms with Gasteiger partial charge in [0.2, 0.25) is 0 Å². The van der Waals surface area contributed by atoms with Crippen LogP contribution in [0.4, 0.5) is 0 Å². The van der Waals surface area contributed by atoms with E-state index in [2.05, 4.69) is 14.9 Å². The van der Waals surface area contributed by atoms with Gasteiger partial charge >= 0.3 is 0 Å². The molecule has 1 atom stereocenters. The molecule has 1 aromatic heterocycles. The van der Waals surface area contributed by atoms with Gasteiger partial charge in [0.05, 0.1) is 6.20 Å². The third kappa shape index (κ3) is 3.42. The Morgan fingerprint density at radius 3 is 2.52 bits per heavy atom. The molecule has 1 aliphatic heterocycles. The molecule has 1 aromatic rings. The lowest BCUT2D eigenvalue weighted by Gasteiger charge is -2.37. The fraction of sp³-hybridized carbons (Fsp3) is 0.706. The lowest BCUT2D eigenvalue weighted by molar-refractivity contribution is 0.0568. The first-order valence-electron chi connectivity index (χ1n) is 8.43. The highest BCUT2D eigenvalue weighted by Crippen LogP contribution is 2.33. The molecule has 21 heavy (non-hydrogen) atoms. The average Bonchev–Trinajstić information content (AvgIpc) is 2.81. The van der Waals surface area contributed by atoms with Crippen molar-refractivity contribution in [2.45, 2.75) is 63.8 Å². The number of aromatic nitrogens is 2. The Bertz CT molecular complexity index is 456. The molecule has 4 nitrogen and oxygen atoms in total. The van der Waals surface area contributed by atoms with Gasteiger partial charge < -0.3 is 4.90 Å². The van der Waals surface area contributed by atoms with Crippen LogP contribution in [-0.2, 0) is 0 Å². The molecule has 0 N–H and O–H groups in total. The smallest absolute Gasteiger partial charge is 0.274 e. The highest BCUT2D eigenvalue weighted by molar-refractivity contribution is 5.92. The van der Waals surface area contributed by atoms with Gasteiger partial charge in [0.15, 0.2) is 0 Å². The second-order valence-corrected chi connectivity index (χ2v) is 6.40. The van der Waals surface area contributed by atoms with Crippen molar-refractivity contribution in [3.63, 3.8) is 0 Å². The first-order valence-corrected chi connectivity index (χ1v) is 8.43. The summed E-state index contributed by atoms with van der Waals surface area (Å²) in [5, 5.41) is 0. The number of carbonyl (C=O) groups excluding carboxylic acids is 1. The molecule has 0 radical (unpaired) electrons. The van der Waals surface area contributed by atoms with Crippen LogP contribution < -0.4 is 0 Å². The molecule has 1 aliphatic carbocycles. The van der Waals surface area contributed by atoms with Gasteiger partial charge in [-0.15, -0.1) is 0 Å². The Hall–Kier alpha value is -1.45. The second kappa shape index (κ2) is 7.01. The van der Waals surface area contributed by atoms with E-state index in [0.29, 0.717) is 17.7 Å². The standard InChI is InChI=1S/C17H25N3O/c21-17(15-13-18-10-11-19-15)20-12-6-2-5-9-16(20)14-7-3-1-4-8-14/h10-11,13-14,16H,1-9,12H2/t16-/m1/s1. The molecule has 3 rings (SSSR count). The van der Waals surface area contributed by atoms with Crippen molar-refractivity contribution in [3.8, 4) is 0 Å². The quantitative estimate of drug-likeness (QED) is 0.837. The van der Waals surface area contributed by atoms with Crippen LogP contribution in [0.3, 0.4) is 0 Å². The lowest BCUT2D eigenvalue weighted by Crippen LogP contribution is -2.45. The third-order valence-corrected chi connectivity index (χ3v) is 5.04. The van der Waals surface area contributed by atoms with E-state index in [-0.39, 0.29) is 5.91 Å². The minimum Gasteiger partial charge on any atom is -0.334 e. The number of hydrogen-bond donors (Lipinski definition) is 0. The fourth-order valence-electron chi connectivity index (χ4n) is 3.95. The number of carbonyl (C=O) groups is 1. The average molecular weight is 287 g/mol. The van der Waals surface area contributed by atoms with Crippen molar-refractivity contribution in [2.75, 3.05) is 6.54 Å². The second-order valence-electron chi connectivity index (χ2n) is 6.40. The summed E-state index contributed by atoms with van der Waals surface area (Å²) in [4.78, 5) is 23.2. The van der Waals surface area contributed by atoms with Crippen LogP contribution in [0.1, 0.15) is 68.3 Å². The highest BCUT2D eigenvalue weighted by atomic mass is 16.2. The molecule has 2 heterocycles. The number of amides is 1. The van der Waals surface area contributed by atoms with E-state index in [1.165, 1.54) is 44.9 Å². The first-order chi connectivity index (χ1) is 10.4. The van der Waals surface area contributed by atoms with Crippen molar-refractivity contribution in [1.29, 1.82) is 0 Å². The van der Waals surface area contributed by atoms with Gasteiger partial charge in [0.1, 0.15) is 5.69 Å². The van der Waals surface area contributed by atoms with Crippen molar-refractivity contribution in [3.05, 3.63) is 24.3 Å². The largest absolute Gasteiger partial charge is 0.334 e. The van der Waals surface area contributed by atoms with Crippen LogP contribution >= 0.6 is 0 Å². The normalized spacial score (nSPS) is 24.6. The number of nitrogens with zero attached hydrogens (tertiary/aromatic N) is 3. The topological polar surface area (TPSA) is 46.1 Å². The fourth-order valence-corrected chi connectivity index (χ4v) is 3.95. The monoisotopic (exact) mass is 287 g/mol. The molecular formula is C17H25N3O. The summed E-state index contributed by atoms with van der Waals surface area (Å²) in [5.74, 6) is 0.776. The molecule has 0 unspecified atom stereocenters. The number of likely N-dealkylation sites (tertiary alicyclic amines) is 1. The Morgan fingerprint density at radius 1 is 1.00 bits per heavy atom. The minimum atomic E-state index is 0.0839. The zero-order valence-corrected chi connectivity index (χ0v) is 12.7. The molecule has 0 spiro atoms. The van der Waals surface area contributed by atoms with E-state index in [0.717, 1.165) is 19.4 Å². The van der Waals surface area contributed by atoms with E-state index in [1.54, 1.807) is 18.6 Å². The van der Waals surface area contributed by atoms with Crippen molar-refractivity contribution >= 4 is 5.91 Å². The zero-order chi connectivity index (χ0) is 14.5. The van der Waals surface area contributed by atoms with E-state index in [9.17, 15) is 4.79 Å². The Kier molecular flexibility index (Phi) is 4.84. The summed E-state index contributed by atoms with van der Waals surface area (Å²) in [5.41, 5.74) is 0.500. The van der Waals surface area contributed by atoms with E-state index in [1.807, 2.05) is 0 Å². The van der Waals surface area contributed by atoms with E-state index >= 15 is 0 Å². The molecule has 0 bridgehead atoms. The lowest BCUT2D eigenvalue weighted by atomic mass is 9.81. The van der Waals surface area contributed by atoms with Crippen molar-refractivity contribution < 1.29 is 4.79 Å². The van der Waals surface area contributed by atoms with Gasteiger partial charge in [0.25, 0.3) is 5.91 Å². The summed E-state index contributed by atoms with van der Waals surface area (Å²) >= 11 is 0. The van der Waals surface area contributed by atoms with Gasteiger partial charge in [0, 0.05) is 25.0 Å². The molecule has 1 saturated carbocycles. The summed E-state index contributed by atoms with van der Waals surface area (Å²) in [6.07, 6.45) is 16.2. The molecule has 114 valence electrons. The highest BCUT2D eigenvalue weighted by Gasteiger charge is 2.33. The van der Waals surface area contributed by atoms with Crippen molar-refractivity contribution in [1.82, 2.24) is 14.9 Å². The third-order valence-electron chi connectivity index (χ3n) is 5.04. The number of rotatable bonds is 2. The van der Waals surface area contributed by atoms with Gasteiger partial charge in [-0.25, -0.2) is 4.98 Å². The van der Waals surface area contributed by atoms with Gasteiger partial charge in [-0.1, -0.05) is 32.1 Å². The number of hydrogen-bond acceptors (Lipinski definition) is 3. The van der Waals surface area contributed by atoms with Crippen LogP contribution in [0.25, 0.3) is 0 Å². The zero-order valence-electron chi connectivity index (χ0n) is 12.7. The summed E-state index contributed by atoms with van der Waals surface area (Å²) in [6, 6.07) is 0.419. The van der Waals surface area contributed by atoms with Gasteiger partial charge in [-0.2, -0.15) is 0 Å². The molecule has 4 heteroatoms. The van der Waals surface area contributed by atoms with Gasteiger partial charge in [-0.05, 0) is 31.6 Å². The van der Waals surface area contributed by atoms with Crippen molar-refractivity contribution in [2.24, 2.45) is 5.92 Å². The maximum absolute atomic E-state index is 12.8. The Labute approximate surface area is 127 Å². The minimum absolute atomic E-state index is 0.0839. The van der Waals surface area contributed by atoms with E-state index < -0.39 is 0 Å². The van der Waals surface area contributed by atoms with E-state index in [4.69, 9.17) is 0 Å². The summed E-state index contributed by atoms with van der Waals surface area (Å²) in [6.45, 7) is 0.885. The molecule has 1 amide bonds. The SMILES string of the molecule is O=C(c1cnccn1)N1CCCCC[C@@H]1C1CCCCC1. The predicted octanol–water partition coefficient (Wildman–Crippen LogP) is 3.44. The van der Waals surface area contributed by atoms with Crippen LogP contribution in [-0.4, -0.2) is 33.4 Å². The summed E-state index contributed by atoms with van der Waals surface area (Å²) in [7, 11) is 0. The molecular weight excluding hydrogens is 262 g/mol. The molecule has 2 aliphatic rings. The summed E-state index contributed by atoms with van der Waals surface area (Å²) < 4.78 is 0. The van der Waals surface area contributed by atoms with Crippen LogP contribution in [0, 0.1) is 5.92 Å². The van der Waals surface area contributed by atoms with Crippen LogP contribution in [0.5, 0.6) is 0 Å². The maximum atomic E-state index is 12.8. The molecule has 2 fully saturated rings. The van der Waals surface area contributed by atoms with Gasteiger partial charge in [-0.3, -0.25) is 9.78 Å². The molecule has 1 saturated heterocycles. The molecule has 0 aromatic carbocycles. The Morgan fingerprint density at radius 2 is 1.76 bits per heavy atom.